The van der Waals surface area contributed by atoms with Crippen molar-refractivity contribution in [3.05, 3.63) is 59.0 Å². The molecule has 8 heteroatoms. The van der Waals surface area contributed by atoms with Crippen LogP contribution >= 0.6 is 11.6 Å². The summed E-state index contributed by atoms with van der Waals surface area (Å²) in [6.45, 7) is 0.571. The monoisotopic (exact) mass is 454 g/mol. The number of aromatic nitrogens is 2. The summed E-state index contributed by atoms with van der Waals surface area (Å²) in [7, 11) is 1.83. The van der Waals surface area contributed by atoms with E-state index < -0.39 is 11.2 Å². The smallest absolute Gasteiger partial charge is 0.272 e. The molecule has 2 fully saturated rings. The van der Waals surface area contributed by atoms with Gasteiger partial charge in [0.25, 0.3) is 5.91 Å². The number of fused-ring (bicyclic) bond motifs is 1. The predicted octanol–water partition coefficient (Wildman–Crippen LogP) is 4.46. The number of hydrogen-bond donors (Lipinski definition) is 1. The van der Waals surface area contributed by atoms with Crippen LogP contribution < -0.4 is 10.2 Å². The summed E-state index contributed by atoms with van der Waals surface area (Å²) in [5.74, 6) is -0.552. The normalized spacial score (nSPS) is 23.3. The van der Waals surface area contributed by atoms with E-state index in [-0.39, 0.29) is 22.9 Å². The van der Waals surface area contributed by atoms with Crippen LogP contribution in [0.15, 0.2) is 42.5 Å². The molecule has 1 aromatic heterocycles. The molecule has 0 atom stereocenters. The van der Waals surface area contributed by atoms with Gasteiger partial charge in [0.1, 0.15) is 5.82 Å². The summed E-state index contributed by atoms with van der Waals surface area (Å²) in [5.41, 5.74) is 1.47. The molecule has 2 aromatic carbocycles. The molecule has 1 N–H and O–H groups in total. The van der Waals surface area contributed by atoms with Crippen molar-refractivity contribution >= 4 is 40.0 Å². The fraction of sp³-hybridized carbons (Fsp3) is 0.375. The second-order valence-electron chi connectivity index (χ2n) is 8.82. The van der Waals surface area contributed by atoms with E-state index in [1.54, 1.807) is 15.6 Å². The number of aryl methyl sites for hydroxylation is 1. The van der Waals surface area contributed by atoms with Crippen LogP contribution in [0.1, 0.15) is 42.6 Å². The van der Waals surface area contributed by atoms with E-state index in [0.29, 0.717) is 30.8 Å². The van der Waals surface area contributed by atoms with Gasteiger partial charge >= 0.3 is 0 Å². The average molecular weight is 455 g/mol. The van der Waals surface area contributed by atoms with Crippen molar-refractivity contribution in [2.45, 2.75) is 38.1 Å². The number of nitrogens with one attached hydrogen (secondary N) is 1. The van der Waals surface area contributed by atoms with Crippen molar-refractivity contribution < 1.29 is 14.0 Å². The van der Waals surface area contributed by atoms with Crippen molar-refractivity contribution in [2.24, 2.45) is 12.5 Å². The summed E-state index contributed by atoms with van der Waals surface area (Å²) < 4.78 is 15.1. The molecule has 5 rings (SSSR count). The Morgan fingerprint density at radius 1 is 1.19 bits per heavy atom. The summed E-state index contributed by atoms with van der Waals surface area (Å²) in [5, 5.41) is 8.60. The molecule has 0 bridgehead atoms. The van der Waals surface area contributed by atoms with Gasteiger partial charge in [-0.3, -0.25) is 14.3 Å². The third-order valence-electron chi connectivity index (χ3n) is 6.96. The zero-order valence-electron chi connectivity index (χ0n) is 17.8. The maximum absolute atomic E-state index is 13.4. The van der Waals surface area contributed by atoms with Gasteiger partial charge in [-0.25, -0.2) is 4.39 Å². The second-order valence-corrected chi connectivity index (χ2v) is 9.23. The first-order chi connectivity index (χ1) is 15.4. The van der Waals surface area contributed by atoms with Crippen LogP contribution in [0.2, 0.25) is 5.02 Å². The van der Waals surface area contributed by atoms with Crippen LogP contribution in [0, 0.1) is 11.2 Å². The first kappa shape index (κ1) is 20.9. The molecular weight excluding hydrogens is 431 g/mol. The van der Waals surface area contributed by atoms with Crippen molar-refractivity contribution in [1.82, 2.24) is 15.1 Å². The molecule has 2 amide bonds. The molecule has 1 aliphatic carbocycles. The zero-order chi connectivity index (χ0) is 22.5. The molecule has 1 saturated carbocycles. The van der Waals surface area contributed by atoms with Crippen LogP contribution in [0.4, 0.5) is 10.1 Å². The molecular formula is C24H24ClFN4O2. The van der Waals surface area contributed by atoms with Gasteiger partial charge in [-0.1, -0.05) is 29.8 Å². The minimum atomic E-state index is -0.434. The van der Waals surface area contributed by atoms with E-state index in [4.69, 9.17) is 11.6 Å². The quantitative estimate of drug-likeness (QED) is 0.635. The van der Waals surface area contributed by atoms with Crippen LogP contribution in [-0.2, 0) is 11.8 Å². The number of carbonyl (C=O) groups excluding carboxylic acids is 2. The SMILES string of the molecule is Cn1nc(C(=O)N[C@H]2CC[C@@]3(CCN(c4ccc(F)cc4Cl)C3=O)CC2)c2ccccc21. The van der Waals surface area contributed by atoms with Gasteiger partial charge in [0, 0.05) is 25.0 Å². The summed E-state index contributed by atoms with van der Waals surface area (Å²) in [6.07, 6.45) is 3.61. The highest BCUT2D eigenvalue weighted by molar-refractivity contribution is 6.34. The molecule has 2 heterocycles. The number of para-hydroxylation sites is 1. The van der Waals surface area contributed by atoms with Crippen molar-refractivity contribution in [1.29, 1.82) is 0 Å². The number of amides is 2. The lowest BCUT2D eigenvalue weighted by molar-refractivity contribution is -0.127. The van der Waals surface area contributed by atoms with Gasteiger partial charge in [0.15, 0.2) is 5.69 Å². The van der Waals surface area contributed by atoms with Gasteiger partial charge in [0.05, 0.1) is 21.6 Å². The third-order valence-corrected chi connectivity index (χ3v) is 7.27. The highest BCUT2D eigenvalue weighted by Crippen LogP contribution is 2.47. The molecule has 0 radical (unpaired) electrons. The maximum Gasteiger partial charge on any atom is 0.272 e. The Hall–Kier alpha value is -2.93. The Bertz CT molecular complexity index is 1220. The summed E-state index contributed by atoms with van der Waals surface area (Å²) in [4.78, 5) is 27.9. The van der Waals surface area contributed by atoms with Gasteiger partial charge in [-0.15, -0.1) is 0 Å². The van der Waals surface area contributed by atoms with Crippen LogP contribution in [0.5, 0.6) is 0 Å². The Morgan fingerprint density at radius 2 is 1.94 bits per heavy atom. The van der Waals surface area contributed by atoms with Gasteiger partial charge < -0.3 is 10.2 Å². The lowest BCUT2D eigenvalue weighted by atomic mass is 9.71. The molecule has 32 heavy (non-hydrogen) atoms. The Balaban J connectivity index is 1.26. The highest BCUT2D eigenvalue weighted by atomic mass is 35.5. The number of carbonyl (C=O) groups is 2. The maximum atomic E-state index is 13.4. The summed E-state index contributed by atoms with van der Waals surface area (Å²) in [6, 6.07) is 11.8. The Morgan fingerprint density at radius 3 is 2.69 bits per heavy atom. The number of nitrogens with zero attached hydrogens (tertiary/aromatic N) is 3. The van der Waals surface area contributed by atoms with Crippen molar-refractivity contribution in [2.75, 3.05) is 11.4 Å². The lowest BCUT2D eigenvalue weighted by Crippen LogP contribution is -2.44. The first-order valence-electron chi connectivity index (χ1n) is 10.9. The number of anilines is 1. The minimum absolute atomic E-state index is 0.00477. The van der Waals surface area contributed by atoms with E-state index in [2.05, 4.69) is 10.4 Å². The fourth-order valence-electron chi connectivity index (χ4n) is 5.16. The molecule has 3 aromatic rings. The fourth-order valence-corrected chi connectivity index (χ4v) is 5.43. The molecule has 1 spiro atoms. The van der Waals surface area contributed by atoms with Crippen molar-refractivity contribution in [3.8, 4) is 0 Å². The Kier molecular flexibility index (Phi) is 5.16. The topological polar surface area (TPSA) is 67.2 Å². The van der Waals surface area contributed by atoms with E-state index in [9.17, 15) is 14.0 Å². The van der Waals surface area contributed by atoms with Crippen LogP contribution in [0.3, 0.4) is 0 Å². The number of hydrogen-bond acceptors (Lipinski definition) is 3. The van der Waals surface area contributed by atoms with Crippen LogP contribution in [-0.4, -0.2) is 34.2 Å². The second kappa shape index (κ2) is 7.89. The highest BCUT2D eigenvalue weighted by Gasteiger charge is 2.49. The van der Waals surface area contributed by atoms with E-state index in [1.807, 2.05) is 31.3 Å². The average Bonchev–Trinajstić information content (AvgIpc) is 3.28. The van der Waals surface area contributed by atoms with Crippen LogP contribution in [0.25, 0.3) is 10.9 Å². The van der Waals surface area contributed by atoms with Gasteiger partial charge in [-0.2, -0.15) is 5.10 Å². The zero-order valence-corrected chi connectivity index (χ0v) is 18.5. The largest absolute Gasteiger partial charge is 0.348 e. The number of rotatable bonds is 3. The van der Waals surface area contributed by atoms with Crippen molar-refractivity contribution in [3.63, 3.8) is 0 Å². The number of halogens is 2. The van der Waals surface area contributed by atoms with E-state index in [1.165, 1.54) is 12.1 Å². The minimum Gasteiger partial charge on any atom is -0.348 e. The standard InChI is InChI=1S/C24H24ClFN4O2/c1-29-19-5-3-2-4-17(19)21(28-29)22(31)27-16-8-10-24(11-9-16)12-13-30(23(24)32)20-7-6-15(26)14-18(20)25/h2-7,14,16H,8-13H2,1H3,(H,27,31)/t16-,24-. The third kappa shape index (κ3) is 3.45. The molecule has 0 unspecified atom stereocenters. The molecule has 2 aliphatic rings. The molecule has 6 nitrogen and oxygen atoms in total. The molecule has 166 valence electrons. The van der Waals surface area contributed by atoms with E-state index >= 15 is 0 Å². The summed E-state index contributed by atoms with van der Waals surface area (Å²) >= 11 is 6.20. The van der Waals surface area contributed by atoms with Gasteiger partial charge in [-0.05, 0) is 56.4 Å². The van der Waals surface area contributed by atoms with Gasteiger partial charge in [0.2, 0.25) is 5.91 Å². The Labute approximate surface area is 190 Å². The molecule has 1 saturated heterocycles. The first-order valence-corrected chi connectivity index (χ1v) is 11.3. The predicted molar refractivity (Wildman–Crippen MR) is 121 cm³/mol. The number of benzene rings is 2. The molecule has 1 aliphatic heterocycles. The van der Waals surface area contributed by atoms with E-state index in [0.717, 1.165) is 30.2 Å². The lowest BCUT2D eigenvalue weighted by Gasteiger charge is -2.36.